The number of para-hydroxylation sites is 1. The molecule has 0 bridgehead atoms. The number of carbonyl (C=O) groups is 1. The molecular weight excluding hydrogens is 264 g/mol. The van der Waals surface area contributed by atoms with Gasteiger partial charge >= 0.3 is 5.97 Å². The molecule has 1 aromatic rings. The van der Waals surface area contributed by atoms with Gasteiger partial charge in [-0.3, -0.25) is 0 Å². The zero-order chi connectivity index (χ0) is 14.8. The van der Waals surface area contributed by atoms with Crippen molar-refractivity contribution in [1.82, 2.24) is 0 Å². The first-order valence-corrected chi connectivity index (χ1v) is 6.30. The summed E-state index contributed by atoms with van der Waals surface area (Å²) in [6.45, 7) is 1.97. The van der Waals surface area contributed by atoms with Crippen LogP contribution >= 0.6 is 0 Å². The Labute approximate surface area is 118 Å². The van der Waals surface area contributed by atoms with E-state index in [2.05, 4.69) is 0 Å². The summed E-state index contributed by atoms with van der Waals surface area (Å²) in [5, 5.41) is 9.11. The summed E-state index contributed by atoms with van der Waals surface area (Å²) in [6, 6.07) is 4.76. The highest BCUT2D eigenvalue weighted by molar-refractivity contribution is 5.92. The van der Waals surface area contributed by atoms with Crippen molar-refractivity contribution in [2.24, 2.45) is 0 Å². The van der Waals surface area contributed by atoms with Crippen LogP contribution in [0.1, 0.15) is 16.8 Å². The lowest BCUT2D eigenvalue weighted by atomic mass is 10.2. The van der Waals surface area contributed by atoms with Gasteiger partial charge in [0.15, 0.2) is 11.5 Å². The van der Waals surface area contributed by atoms with Crippen LogP contribution in [0.5, 0.6) is 11.5 Å². The lowest BCUT2D eigenvalue weighted by Crippen LogP contribution is -2.09. The van der Waals surface area contributed by atoms with Gasteiger partial charge < -0.3 is 24.1 Å². The fraction of sp³-hybridized carbons (Fsp3) is 0.500. The predicted molar refractivity (Wildman–Crippen MR) is 72.8 cm³/mol. The monoisotopic (exact) mass is 284 g/mol. The normalized spacial score (nSPS) is 10.3. The van der Waals surface area contributed by atoms with E-state index in [1.54, 1.807) is 19.2 Å². The minimum atomic E-state index is -1.05. The lowest BCUT2D eigenvalue weighted by molar-refractivity contribution is 0.0635. The molecule has 0 spiro atoms. The zero-order valence-electron chi connectivity index (χ0n) is 11.8. The molecule has 0 unspecified atom stereocenters. The summed E-state index contributed by atoms with van der Waals surface area (Å²) in [7, 11) is 3.09. The summed E-state index contributed by atoms with van der Waals surface area (Å²) >= 11 is 0. The fourth-order valence-electron chi connectivity index (χ4n) is 1.57. The average molecular weight is 284 g/mol. The molecule has 1 aromatic carbocycles. The Morgan fingerprint density at radius 2 is 1.95 bits per heavy atom. The standard InChI is InChI=1S/C14H20O6/c1-17-9-10-19-7-4-8-20-13-11(14(15)16)5-3-6-12(13)18-2/h3,5-6H,4,7-10H2,1-2H3,(H,15,16). The third-order valence-corrected chi connectivity index (χ3v) is 2.54. The molecule has 0 aliphatic rings. The molecule has 0 amide bonds. The Bertz CT molecular complexity index is 418. The second-order valence-corrected chi connectivity index (χ2v) is 3.95. The van der Waals surface area contributed by atoms with E-state index >= 15 is 0 Å². The molecule has 0 saturated heterocycles. The Hall–Kier alpha value is -1.79. The van der Waals surface area contributed by atoms with Gasteiger partial charge in [0.2, 0.25) is 0 Å². The summed E-state index contributed by atoms with van der Waals surface area (Å²) < 4.78 is 20.8. The van der Waals surface area contributed by atoms with Crippen LogP contribution in [-0.4, -0.2) is 51.7 Å². The maximum atomic E-state index is 11.1. The maximum absolute atomic E-state index is 11.1. The van der Waals surface area contributed by atoms with Crippen molar-refractivity contribution in [3.05, 3.63) is 23.8 Å². The van der Waals surface area contributed by atoms with E-state index in [1.807, 2.05) is 0 Å². The van der Waals surface area contributed by atoms with Crippen LogP contribution in [-0.2, 0) is 9.47 Å². The molecule has 0 atom stereocenters. The summed E-state index contributed by atoms with van der Waals surface area (Å²) in [5.41, 5.74) is 0.0876. The third-order valence-electron chi connectivity index (χ3n) is 2.54. The summed E-state index contributed by atoms with van der Waals surface area (Å²) in [4.78, 5) is 11.1. The molecule has 1 N–H and O–H groups in total. The second-order valence-electron chi connectivity index (χ2n) is 3.95. The predicted octanol–water partition coefficient (Wildman–Crippen LogP) is 1.83. The van der Waals surface area contributed by atoms with Gasteiger partial charge in [-0.15, -0.1) is 0 Å². The van der Waals surface area contributed by atoms with E-state index in [9.17, 15) is 4.79 Å². The van der Waals surface area contributed by atoms with Gasteiger partial charge in [-0.25, -0.2) is 4.79 Å². The molecule has 0 aliphatic heterocycles. The van der Waals surface area contributed by atoms with Crippen molar-refractivity contribution >= 4 is 5.97 Å². The highest BCUT2D eigenvalue weighted by atomic mass is 16.5. The van der Waals surface area contributed by atoms with Gasteiger partial charge in [0.1, 0.15) is 5.56 Å². The van der Waals surface area contributed by atoms with Crippen molar-refractivity contribution < 1.29 is 28.8 Å². The lowest BCUT2D eigenvalue weighted by Gasteiger charge is -2.13. The quantitative estimate of drug-likeness (QED) is 0.661. The second kappa shape index (κ2) is 9.17. The van der Waals surface area contributed by atoms with Gasteiger partial charge in [-0.1, -0.05) is 6.07 Å². The topological polar surface area (TPSA) is 74.2 Å². The number of hydrogen-bond acceptors (Lipinski definition) is 5. The number of methoxy groups -OCH3 is 2. The molecular formula is C14H20O6. The number of carboxylic acid groups (broad SMARTS) is 1. The van der Waals surface area contributed by atoms with Crippen LogP contribution in [0.4, 0.5) is 0 Å². The van der Waals surface area contributed by atoms with Gasteiger partial charge in [-0.05, 0) is 12.1 Å². The Morgan fingerprint density at radius 1 is 1.15 bits per heavy atom. The highest BCUT2D eigenvalue weighted by Crippen LogP contribution is 2.31. The number of benzene rings is 1. The van der Waals surface area contributed by atoms with Crippen molar-refractivity contribution in [3.8, 4) is 11.5 Å². The molecule has 0 aromatic heterocycles. The first-order chi connectivity index (χ1) is 9.70. The molecule has 112 valence electrons. The minimum absolute atomic E-state index is 0.0876. The van der Waals surface area contributed by atoms with E-state index in [-0.39, 0.29) is 11.3 Å². The Balaban J connectivity index is 2.48. The van der Waals surface area contributed by atoms with Crippen molar-refractivity contribution in [2.45, 2.75) is 6.42 Å². The highest BCUT2D eigenvalue weighted by Gasteiger charge is 2.15. The van der Waals surface area contributed by atoms with E-state index in [0.717, 1.165) is 0 Å². The third kappa shape index (κ3) is 5.07. The SMILES string of the molecule is COCCOCCCOc1c(OC)cccc1C(=O)O. The molecule has 0 heterocycles. The average Bonchev–Trinajstić information content (AvgIpc) is 2.46. The van der Waals surface area contributed by atoms with Gasteiger partial charge in [0.05, 0.1) is 26.9 Å². The number of ether oxygens (including phenoxy) is 4. The van der Waals surface area contributed by atoms with Gasteiger partial charge in [0.25, 0.3) is 0 Å². The number of rotatable bonds is 10. The van der Waals surface area contributed by atoms with Crippen molar-refractivity contribution in [3.63, 3.8) is 0 Å². The van der Waals surface area contributed by atoms with Crippen molar-refractivity contribution in [2.75, 3.05) is 40.6 Å². The minimum Gasteiger partial charge on any atom is -0.493 e. The van der Waals surface area contributed by atoms with Crippen LogP contribution in [0.15, 0.2) is 18.2 Å². The van der Waals surface area contributed by atoms with Crippen LogP contribution in [0.2, 0.25) is 0 Å². The molecule has 0 saturated carbocycles. The summed E-state index contributed by atoms with van der Waals surface area (Å²) in [5.74, 6) is -0.389. The molecule has 1 rings (SSSR count). The smallest absolute Gasteiger partial charge is 0.339 e. The molecule has 20 heavy (non-hydrogen) atoms. The Morgan fingerprint density at radius 3 is 2.60 bits per heavy atom. The molecule has 0 radical (unpaired) electrons. The van der Waals surface area contributed by atoms with E-state index in [0.29, 0.717) is 38.6 Å². The van der Waals surface area contributed by atoms with Crippen LogP contribution < -0.4 is 9.47 Å². The van der Waals surface area contributed by atoms with Crippen LogP contribution in [0.3, 0.4) is 0 Å². The Kier molecular flexibility index (Phi) is 7.46. The first kappa shape index (κ1) is 16.3. The first-order valence-electron chi connectivity index (χ1n) is 6.30. The molecule has 6 heteroatoms. The number of aromatic carboxylic acids is 1. The van der Waals surface area contributed by atoms with E-state index in [4.69, 9.17) is 24.1 Å². The molecule has 0 fully saturated rings. The zero-order valence-corrected chi connectivity index (χ0v) is 11.8. The van der Waals surface area contributed by atoms with Crippen LogP contribution in [0.25, 0.3) is 0 Å². The van der Waals surface area contributed by atoms with Crippen LogP contribution in [0, 0.1) is 0 Å². The summed E-state index contributed by atoms with van der Waals surface area (Å²) in [6.07, 6.45) is 0.654. The fourth-order valence-corrected chi connectivity index (χ4v) is 1.57. The van der Waals surface area contributed by atoms with Gasteiger partial charge in [0, 0.05) is 20.1 Å². The van der Waals surface area contributed by atoms with E-state index < -0.39 is 5.97 Å². The maximum Gasteiger partial charge on any atom is 0.339 e. The largest absolute Gasteiger partial charge is 0.493 e. The number of carboxylic acids is 1. The molecule has 6 nitrogen and oxygen atoms in total. The number of hydrogen-bond donors (Lipinski definition) is 1. The van der Waals surface area contributed by atoms with E-state index in [1.165, 1.54) is 13.2 Å². The van der Waals surface area contributed by atoms with Crippen molar-refractivity contribution in [1.29, 1.82) is 0 Å². The molecule has 0 aliphatic carbocycles. The van der Waals surface area contributed by atoms with Gasteiger partial charge in [-0.2, -0.15) is 0 Å².